The average molecular weight is 123 g/mol. The van der Waals surface area contributed by atoms with E-state index in [1.807, 2.05) is 7.05 Å². The Bertz CT molecular complexity index is 149. The van der Waals surface area contributed by atoms with E-state index in [-0.39, 0.29) is 0 Å². The molecule has 0 radical (unpaired) electrons. The fourth-order valence-electron chi connectivity index (χ4n) is 2.30. The Hall–Kier alpha value is -0.330. The van der Waals surface area contributed by atoms with Crippen molar-refractivity contribution in [2.24, 2.45) is 16.8 Å². The van der Waals surface area contributed by atoms with Gasteiger partial charge >= 0.3 is 0 Å². The quantitative estimate of drug-likeness (QED) is 0.466. The summed E-state index contributed by atoms with van der Waals surface area (Å²) < 4.78 is 0. The van der Waals surface area contributed by atoms with Crippen LogP contribution in [0.3, 0.4) is 0 Å². The zero-order valence-corrected chi connectivity index (χ0v) is 5.93. The van der Waals surface area contributed by atoms with Crippen molar-refractivity contribution in [3.05, 3.63) is 0 Å². The highest BCUT2D eigenvalue weighted by molar-refractivity contribution is 5.89. The molecule has 2 saturated carbocycles. The van der Waals surface area contributed by atoms with Crippen LogP contribution in [0.25, 0.3) is 0 Å². The van der Waals surface area contributed by atoms with Gasteiger partial charge in [-0.05, 0) is 37.5 Å². The first kappa shape index (κ1) is 5.45. The topological polar surface area (TPSA) is 12.4 Å². The van der Waals surface area contributed by atoms with Crippen LogP contribution in [0.2, 0.25) is 0 Å². The van der Waals surface area contributed by atoms with Crippen LogP contribution in [0, 0.1) is 11.8 Å². The molecule has 50 valence electrons. The number of nitrogens with zero attached hydrogens (tertiary/aromatic N) is 1. The summed E-state index contributed by atoms with van der Waals surface area (Å²) in [7, 11) is 1.94. The molecule has 0 aromatic carbocycles. The first-order valence-corrected chi connectivity index (χ1v) is 3.85. The molecule has 2 unspecified atom stereocenters. The molecular weight excluding hydrogens is 110 g/mol. The summed E-state index contributed by atoms with van der Waals surface area (Å²) in [5, 5.41) is 0. The van der Waals surface area contributed by atoms with Gasteiger partial charge in [0.25, 0.3) is 0 Å². The molecule has 1 nitrogen and oxygen atoms in total. The predicted octanol–water partition coefficient (Wildman–Crippen LogP) is 1.88. The van der Waals surface area contributed by atoms with Crippen molar-refractivity contribution in [1.29, 1.82) is 0 Å². The fourth-order valence-corrected chi connectivity index (χ4v) is 2.30. The molecule has 0 amide bonds. The molecule has 2 atom stereocenters. The third kappa shape index (κ3) is 0.707. The minimum absolute atomic E-state index is 0.903. The van der Waals surface area contributed by atoms with Gasteiger partial charge in [0.2, 0.25) is 0 Å². The normalized spacial score (nSPS) is 44.8. The lowest BCUT2D eigenvalue weighted by Gasteiger charge is -2.09. The summed E-state index contributed by atoms with van der Waals surface area (Å²) in [4.78, 5) is 4.29. The van der Waals surface area contributed by atoms with Crippen molar-refractivity contribution in [2.75, 3.05) is 7.05 Å². The van der Waals surface area contributed by atoms with Gasteiger partial charge in [-0.15, -0.1) is 0 Å². The summed E-state index contributed by atoms with van der Waals surface area (Å²) >= 11 is 0. The molecule has 0 heterocycles. The summed E-state index contributed by atoms with van der Waals surface area (Å²) in [6.45, 7) is 0. The van der Waals surface area contributed by atoms with Crippen LogP contribution in [0.4, 0.5) is 0 Å². The van der Waals surface area contributed by atoms with Crippen LogP contribution < -0.4 is 0 Å². The highest BCUT2D eigenvalue weighted by Gasteiger charge is 2.35. The van der Waals surface area contributed by atoms with Gasteiger partial charge in [-0.2, -0.15) is 0 Å². The molecule has 2 aliphatic carbocycles. The fraction of sp³-hybridized carbons (Fsp3) is 0.875. The van der Waals surface area contributed by atoms with E-state index >= 15 is 0 Å². The summed E-state index contributed by atoms with van der Waals surface area (Å²) in [6.07, 6.45) is 5.68. The zero-order chi connectivity index (χ0) is 6.27. The molecule has 2 fully saturated rings. The number of fused-ring (bicyclic) bond motifs is 2. The Labute approximate surface area is 56.2 Å². The SMILES string of the molecule is C/N=C1\CC2CCC1C2. The Balaban J connectivity index is 2.18. The van der Waals surface area contributed by atoms with Gasteiger partial charge in [0.05, 0.1) is 0 Å². The van der Waals surface area contributed by atoms with Gasteiger partial charge in [0.15, 0.2) is 0 Å². The first-order valence-electron chi connectivity index (χ1n) is 3.85. The minimum Gasteiger partial charge on any atom is -0.297 e. The first-order chi connectivity index (χ1) is 4.40. The molecule has 0 spiro atoms. The molecule has 0 aliphatic heterocycles. The van der Waals surface area contributed by atoms with E-state index in [1.165, 1.54) is 31.4 Å². The third-order valence-electron chi connectivity index (χ3n) is 2.80. The second-order valence-corrected chi connectivity index (χ2v) is 3.30. The van der Waals surface area contributed by atoms with Crippen LogP contribution in [0.5, 0.6) is 0 Å². The lowest BCUT2D eigenvalue weighted by atomic mass is 9.99. The molecule has 0 saturated heterocycles. The molecule has 2 aliphatic rings. The van der Waals surface area contributed by atoms with E-state index in [2.05, 4.69) is 4.99 Å². The van der Waals surface area contributed by atoms with Crippen LogP contribution in [-0.2, 0) is 0 Å². The summed E-state index contributed by atoms with van der Waals surface area (Å²) in [6, 6.07) is 0. The molecule has 2 bridgehead atoms. The Morgan fingerprint density at radius 3 is 2.67 bits per heavy atom. The minimum atomic E-state index is 0.903. The smallest absolute Gasteiger partial charge is 0.0276 e. The number of rotatable bonds is 0. The number of aliphatic imine (C=N–C) groups is 1. The highest BCUT2D eigenvalue weighted by Crippen LogP contribution is 2.42. The summed E-state index contributed by atoms with van der Waals surface area (Å²) in [5.41, 5.74) is 1.51. The van der Waals surface area contributed by atoms with Crippen LogP contribution in [-0.4, -0.2) is 12.8 Å². The van der Waals surface area contributed by atoms with Crippen LogP contribution in [0.1, 0.15) is 25.7 Å². The lowest BCUT2D eigenvalue weighted by Crippen LogP contribution is -2.08. The monoisotopic (exact) mass is 123 g/mol. The van der Waals surface area contributed by atoms with Gasteiger partial charge in [-0.25, -0.2) is 0 Å². The molecule has 1 heteroatoms. The Kier molecular flexibility index (Phi) is 1.11. The number of hydrogen-bond donors (Lipinski definition) is 0. The van der Waals surface area contributed by atoms with E-state index in [0.717, 1.165) is 11.8 Å². The van der Waals surface area contributed by atoms with Crippen molar-refractivity contribution >= 4 is 5.71 Å². The van der Waals surface area contributed by atoms with Crippen LogP contribution >= 0.6 is 0 Å². The van der Waals surface area contributed by atoms with Gasteiger partial charge < -0.3 is 0 Å². The largest absolute Gasteiger partial charge is 0.297 e. The van der Waals surface area contributed by atoms with Gasteiger partial charge in [-0.3, -0.25) is 4.99 Å². The van der Waals surface area contributed by atoms with Gasteiger partial charge in [0.1, 0.15) is 0 Å². The maximum Gasteiger partial charge on any atom is 0.0276 e. The maximum absolute atomic E-state index is 4.29. The zero-order valence-electron chi connectivity index (χ0n) is 5.93. The molecule has 9 heavy (non-hydrogen) atoms. The standard InChI is InChI=1S/C8H13N/c1-9-8-5-6-2-3-7(8)4-6/h6-7H,2-5H2,1H3/b9-8+. The third-order valence-corrected chi connectivity index (χ3v) is 2.80. The number of hydrogen-bond acceptors (Lipinski definition) is 1. The molecule has 0 aromatic rings. The highest BCUT2D eigenvalue weighted by atomic mass is 14.7. The van der Waals surface area contributed by atoms with Crippen molar-refractivity contribution in [2.45, 2.75) is 25.7 Å². The van der Waals surface area contributed by atoms with E-state index in [1.54, 1.807) is 0 Å². The van der Waals surface area contributed by atoms with Crippen LogP contribution in [0.15, 0.2) is 4.99 Å². The van der Waals surface area contributed by atoms with Crippen molar-refractivity contribution in [3.63, 3.8) is 0 Å². The second-order valence-electron chi connectivity index (χ2n) is 3.30. The molecule has 0 N–H and O–H groups in total. The van der Waals surface area contributed by atoms with E-state index < -0.39 is 0 Å². The maximum atomic E-state index is 4.29. The lowest BCUT2D eigenvalue weighted by molar-refractivity contribution is 0.591. The van der Waals surface area contributed by atoms with Gasteiger partial charge in [-0.1, -0.05) is 0 Å². The average Bonchev–Trinajstić information content (AvgIpc) is 2.45. The molecule has 2 rings (SSSR count). The van der Waals surface area contributed by atoms with Crippen molar-refractivity contribution in [3.8, 4) is 0 Å². The Morgan fingerprint density at radius 1 is 1.44 bits per heavy atom. The summed E-state index contributed by atoms with van der Waals surface area (Å²) in [5.74, 6) is 1.92. The van der Waals surface area contributed by atoms with E-state index in [4.69, 9.17) is 0 Å². The van der Waals surface area contributed by atoms with E-state index in [0.29, 0.717) is 0 Å². The van der Waals surface area contributed by atoms with Crippen molar-refractivity contribution in [1.82, 2.24) is 0 Å². The van der Waals surface area contributed by atoms with E-state index in [9.17, 15) is 0 Å². The van der Waals surface area contributed by atoms with Gasteiger partial charge in [0, 0.05) is 12.8 Å². The van der Waals surface area contributed by atoms with Crippen molar-refractivity contribution < 1.29 is 0 Å². The predicted molar refractivity (Wildman–Crippen MR) is 38.8 cm³/mol. The second kappa shape index (κ2) is 1.83. The molecule has 0 aromatic heterocycles. The molecular formula is C8H13N. The Morgan fingerprint density at radius 2 is 2.33 bits per heavy atom.